The second kappa shape index (κ2) is 3.22. The molecule has 0 N–H and O–H groups in total. The summed E-state index contributed by atoms with van der Waals surface area (Å²) in [5, 5.41) is 1.10. The highest BCUT2D eigenvalue weighted by Gasteiger charge is 2.46. The summed E-state index contributed by atoms with van der Waals surface area (Å²) in [6, 6.07) is 8.16. The molecule has 2 heteroatoms. The van der Waals surface area contributed by atoms with E-state index in [0.717, 1.165) is 35.0 Å². The first-order valence-electron chi connectivity index (χ1n) is 6.13. The van der Waals surface area contributed by atoms with Gasteiger partial charge < -0.3 is 4.57 Å². The Morgan fingerprint density at radius 1 is 1.29 bits per heavy atom. The second-order valence-corrected chi connectivity index (χ2v) is 5.43. The molecule has 1 heterocycles. The molecule has 0 atom stereocenters. The number of nitrogens with zero attached hydrogens (tertiary/aromatic N) is 1. The normalized spacial score (nSPS) is 17.4. The smallest absolute Gasteiger partial charge is 0.171 e. The molecule has 2 nitrogen and oxygen atoms in total. The monoisotopic (exact) mass is 227 g/mol. The third-order valence-corrected chi connectivity index (χ3v) is 4.17. The lowest BCUT2D eigenvalue weighted by molar-refractivity contribution is 0.0913. The molecular formula is C15H17NO. The number of hydrogen-bond donors (Lipinski definition) is 0. The van der Waals surface area contributed by atoms with Crippen molar-refractivity contribution in [2.75, 3.05) is 0 Å². The maximum absolute atomic E-state index is 12.6. The Balaban J connectivity index is 2.29. The molecule has 3 rings (SSSR count). The van der Waals surface area contributed by atoms with Gasteiger partial charge in [0.15, 0.2) is 5.78 Å². The van der Waals surface area contributed by atoms with Gasteiger partial charge in [0.2, 0.25) is 0 Å². The highest BCUT2D eigenvalue weighted by molar-refractivity contribution is 6.12. The molecule has 1 fully saturated rings. The number of Topliss-reactive ketones (excluding diaryl/α,β-unsaturated/α-hetero) is 1. The van der Waals surface area contributed by atoms with Crippen molar-refractivity contribution in [1.82, 2.24) is 4.57 Å². The van der Waals surface area contributed by atoms with E-state index in [0.29, 0.717) is 5.78 Å². The van der Waals surface area contributed by atoms with E-state index in [2.05, 4.69) is 23.6 Å². The van der Waals surface area contributed by atoms with Gasteiger partial charge in [0.1, 0.15) is 0 Å². The minimum Gasteiger partial charge on any atom is -0.347 e. The number of benzene rings is 1. The van der Waals surface area contributed by atoms with Gasteiger partial charge in [-0.3, -0.25) is 4.79 Å². The number of ketones is 1. The molecule has 17 heavy (non-hydrogen) atoms. The van der Waals surface area contributed by atoms with E-state index in [4.69, 9.17) is 0 Å². The first-order chi connectivity index (χ1) is 8.04. The third kappa shape index (κ3) is 1.36. The van der Waals surface area contributed by atoms with Gasteiger partial charge >= 0.3 is 0 Å². The van der Waals surface area contributed by atoms with Crippen LogP contribution in [0, 0.1) is 12.3 Å². The Kier molecular flexibility index (Phi) is 2.00. The molecule has 2 aromatic rings. The molecular weight excluding hydrogens is 210 g/mol. The summed E-state index contributed by atoms with van der Waals surface area (Å²) < 4.78 is 2.12. The molecule has 0 unspecified atom stereocenters. The van der Waals surface area contributed by atoms with Gasteiger partial charge in [0, 0.05) is 34.6 Å². The SMILES string of the molecule is Cc1c(C(=O)C2(C)CC2)c2ccccc2n1C. The van der Waals surface area contributed by atoms with Crippen LogP contribution in [0.3, 0.4) is 0 Å². The molecule has 88 valence electrons. The van der Waals surface area contributed by atoms with Crippen LogP contribution in [0.2, 0.25) is 0 Å². The van der Waals surface area contributed by atoms with Gasteiger partial charge in [-0.05, 0) is 25.8 Å². The van der Waals surface area contributed by atoms with Crippen molar-refractivity contribution >= 4 is 16.7 Å². The largest absolute Gasteiger partial charge is 0.347 e. The molecule has 0 radical (unpaired) electrons. The number of rotatable bonds is 2. The minimum atomic E-state index is -0.0884. The lowest BCUT2D eigenvalue weighted by Gasteiger charge is -2.07. The van der Waals surface area contributed by atoms with E-state index >= 15 is 0 Å². The van der Waals surface area contributed by atoms with Gasteiger partial charge in [-0.1, -0.05) is 25.1 Å². The van der Waals surface area contributed by atoms with E-state index in [1.54, 1.807) is 0 Å². The molecule has 1 aromatic carbocycles. The van der Waals surface area contributed by atoms with Crippen molar-refractivity contribution in [3.05, 3.63) is 35.5 Å². The van der Waals surface area contributed by atoms with Crippen LogP contribution in [0.15, 0.2) is 24.3 Å². The fourth-order valence-corrected chi connectivity index (χ4v) is 2.52. The number of aryl methyl sites for hydroxylation is 1. The lowest BCUT2D eigenvalue weighted by atomic mass is 9.95. The molecule has 1 aliphatic carbocycles. The standard InChI is InChI=1S/C15H17NO/c1-10-13(14(17)15(2)8-9-15)11-6-4-5-7-12(11)16(10)3/h4-7H,8-9H2,1-3H3. The summed E-state index contributed by atoms with van der Waals surface area (Å²) >= 11 is 0. The fourth-order valence-electron chi connectivity index (χ4n) is 2.52. The van der Waals surface area contributed by atoms with Gasteiger partial charge in [0.05, 0.1) is 0 Å². The lowest BCUT2D eigenvalue weighted by Crippen LogP contribution is -2.13. The molecule has 0 bridgehead atoms. The first-order valence-corrected chi connectivity index (χ1v) is 6.13. The summed E-state index contributed by atoms with van der Waals surface area (Å²) in [5.74, 6) is 0.326. The summed E-state index contributed by atoms with van der Waals surface area (Å²) in [6.07, 6.45) is 2.07. The van der Waals surface area contributed by atoms with Crippen LogP contribution in [0.4, 0.5) is 0 Å². The Morgan fingerprint density at radius 3 is 2.59 bits per heavy atom. The third-order valence-electron chi connectivity index (χ3n) is 4.17. The average molecular weight is 227 g/mol. The predicted octanol–water partition coefficient (Wildman–Crippen LogP) is 3.47. The maximum Gasteiger partial charge on any atom is 0.171 e. The summed E-state index contributed by atoms with van der Waals surface area (Å²) in [5.41, 5.74) is 3.08. The van der Waals surface area contributed by atoms with E-state index in [-0.39, 0.29) is 5.41 Å². The molecule has 0 spiro atoms. The predicted molar refractivity (Wildman–Crippen MR) is 69.3 cm³/mol. The van der Waals surface area contributed by atoms with Crippen LogP contribution in [-0.2, 0) is 7.05 Å². The number of fused-ring (bicyclic) bond motifs is 1. The number of carbonyl (C=O) groups is 1. The molecule has 1 aliphatic rings. The van der Waals surface area contributed by atoms with E-state index < -0.39 is 0 Å². The van der Waals surface area contributed by atoms with Crippen LogP contribution in [0.5, 0.6) is 0 Å². The van der Waals surface area contributed by atoms with Crippen molar-refractivity contribution in [1.29, 1.82) is 0 Å². The Morgan fingerprint density at radius 2 is 1.94 bits per heavy atom. The number of hydrogen-bond acceptors (Lipinski definition) is 1. The van der Waals surface area contributed by atoms with Gasteiger partial charge in [0.25, 0.3) is 0 Å². The van der Waals surface area contributed by atoms with Crippen molar-refractivity contribution in [3.8, 4) is 0 Å². The van der Waals surface area contributed by atoms with Crippen LogP contribution < -0.4 is 0 Å². The molecule has 1 aromatic heterocycles. The quantitative estimate of drug-likeness (QED) is 0.720. The number of para-hydroxylation sites is 1. The Labute approximate surface area is 101 Å². The van der Waals surface area contributed by atoms with Gasteiger partial charge in [-0.2, -0.15) is 0 Å². The van der Waals surface area contributed by atoms with E-state index in [1.807, 2.05) is 26.1 Å². The van der Waals surface area contributed by atoms with Crippen LogP contribution in [0.1, 0.15) is 35.8 Å². The summed E-state index contributed by atoms with van der Waals surface area (Å²) in [6.45, 7) is 4.12. The Hall–Kier alpha value is -1.57. The Bertz CT molecular complexity index is 617. The molecule has 0 aliphatic heterocycles. The van der Waals surface area contributed by atoms with Gasteiger partial charge in [-0.15, -0.1) is 0 Å². The van der Waals surface area contributed by atoms with Crippen molar-refractivity contribution in [2.45, 2.75) is 26.7 Å². The highest BCUT2D eigenvalue weighted by atomic mass is 16.1. The topological polar surface area (TPSA) is 22.0 Å². The summed E-state index contributed by atoms with van der Waals surface area (Å²) in [7, 11) is 2.03. The van der Waals surface area contributed by atoms with Crippen LogP contribution in [0.25, 0.3) is 10.9 Å². The zero-order valence-electron chi connectivity index (χ0n) is 10.6. The highest BCUT2D eigenvalue weighted by Crippen LogP contribution is 2.49. The van der Waals surface area contributed by atoms with E-state index in [1.165, 1.54) is 0 Å². The van der Waals surface area contributed by atoms with Crippen molar-refractivity contribution in [2.24, 2.45) is 12.5 Å². The van der Waals surface area contributed by atoms with Gasteiger partial charge in [-0.25, -0.2) is 0 Å². The summed E-state index contributed by atoms with van der Waals surface area (Å²) in [4.78, 5) is 12.6. The second-order valence-electron chi connectivity index (χ2n) is 5.43. The molecule has 0 amide bonds. The zero-order valence-corrected chi connectivity index (χ0v) is 10.6. The van der Waals surface area contributed by atoms with Crippen molar-refractivity contribution in [3.63, 3.8) is 0 Å². The fraction of sp³-hybridized carbons (Fsp3) is 0.400. The average Bonchev–Trinajstić information content (AvgIpc) is 3.03. The molecule has 1 saturated carbocycles. The molecule has 0 saturated heterocycles. The number of aromatic nitrogens is 1. The maximum atomic E-state index is 12.6. The zero-order chi connectivity index (χ0) is 12.2. The minimum absolute atomic E-state index is 0.0884. The van der Waals surface area contributed by atoms with Crippen molar-refractivity contribution < 1.29 is 4.79 Å². The van der Waals surface area contributed by atoms with Crippen LogP contribution in [-0.4, -0.2) is 10.4 Å². The van der Waals surface area contributed by atoms with Crippen LogP contribution >= 0.6 is 0 Å². The first kappa shape index (κ1) is 10.6. The van der Waals surface area contributed by atoms with E-state index in [9.17, 15) is 4.79 Å². The number of carbonyl (C=O) groups excluding carboxylic acids is 1.